The Morgan fingerprint density at radius 1 is 1.47 bits per heavy atom. The number of pyridine rings is 1. The summed E-state index contributed by atoms with van der Waals surface area (Å²) in [5.74, 6) is 0. The Bertz CT molecular complexity index is 663. The SMILES string of the molecule is CCN(Cc1cc(=O)n2cc(Br)ccc2n1)C1CC1. The highest BCUT2D eigenvalue weighted by molar-refractivity contribution is 9.10. The Kier molecular flexibility index (Phi) is 3.41. The third kappa shape index (κ3) is 2.72. The van der Waals surface area contributed by atoms with E-state index >= 15 is 0 Å². The van der Waals surface area contributed by atoms with E-state index in [4.69, 9.17) is 0 Å². The van der Waals surface area contributed by atoms with Crippen molar-refractivity contribution >= 4 is 21.6 Å². The first-order valence-electron chi connectivity index (χ1n) is 6.59. The van der Waals surface area contributed by atoms with Crippen LogP contribution in [-0.2, 0) is 6.54 Å². The Balaban J connectivity index is 1.96. The lowest BCUT2D eigenvalue weighted by atomic mass is 10.3. The van der Waals surface area contributed by atoms with Crippen molar-refractivity contribution in [2.24, 2.45) is 0 Å². The van der Waals surface area contributed by atoms with Crippen LogP contribution in [0.3, 0.4) is 0 Å². The number of nitrogens with zero attached hydrogens (tertiary/aromatic N) is 3. The Morgan fingerprint density at radius 2 is 2.26 bits per heavy atom. The van der Waals surface area contributed by atoms with E-state index in [0.717, 1.165) is 23.3 Å². The predicted molar refractivity (Wildman–Crippen MR) is 78.3 cm³/mol. The predicted octanol–water partition coefficient (Wildman–Crippen LogP) is 2.44. The van der Waals surface area contributed by atoms with Crippen LogP contribution >= 0.6 is 15.9 Å². The third-order valence-corrected chi connectivity index (χ3v) is 3.98. The molecule has 4 nitrogen and oxygen atoms in total. The van der Waals surface area contributed by atoms with Crippen molar-refractivity contribution in [3.05, 3.63) is 44.9 Å². The number of hydrogen-bond acceptors (Lipinski definition) is 3. The van der Waals surface area contributed by atoms with Crippen LogP contribution in [0.2, 0.25) is 0 Å². The molecule has 0 radical (unpaired) electrons. The quantitative estimate of drug-likeness (QED) is 0.868. The summed E-state index contributed by atoms with van der Waals surface area (Å²) < 4.78 is 2.45. The highest BCUT2D eigenvalue weighted by Crippen LogP contribution is 2.27. The van der Waals surface area contributed by atoms with Crippen LogP contribution in [0, 0.1) is 0 Å². The topological polar surface area (TPSA) is 37.6 Å². The van der Waals surface area contributed by atoms with Gasteiger partial charge < -0.3 is 0 Å². The molecule has 0 N–H and O–H groups in total. The van der Waals surface area contributed by atoms with Crippen molar-refractivity contribution in [3.63, 3.8) is 0 Å². The molecule has 0 unspecified atom stereocenters. The molecule has 2 aromatic heterocycles. The minimum Gasteiger partial charge on any atom is -0.295 e. The summed E-state index contributed by atoms with van der Waals surface area (Å²) in [6.07, 6.45) is 4.30. The smallest absolute Gasteiger partial charge is 0.258 e. The van der Waals surface area contributed by atoms with Gasteiger partial charge in [0.25, 0.3) is 5.56 Å². The highest BCUT2D eigenvalue weighted by atomic mass is 79.9. The van der Waals surface area contributed by atoms with Crippen LogP contribution in [0.25, 0.3) is 5.65 Å². The summed E-state index contributed by atoms with van der Waals surface area (Å²) in [5.41, 5.74) is 1.55. The van der Waals surface area contributed by atoms with Gasteiger partial charge in [-0.3, -0.25) is 14.1 Å². The van der Waals surface area contributed by atoms with E-state index in [-0.39, 0.29) is 5.56 Å². The van der Waals surface area contributed by atoms with Gasteiger partial charge >= 0.3 is 0 Å². The van der Waals surface area contributed by atoms with Crippen LogP contribution in [0.1, 0.15) is 25.5 Å². The number of rotatable bonds is 4. The van der Waals surface area contributed by atoms with Gasteiger partial charge in [0, 0.05) is 29.3 Å². The summed E-state index contributed by atoms with van der Waals surface area (Å²) in [6.45, 7) is 3.93. The zero-order chi connectivity index (χ0) is 13.4. The average molecular weight is 322 g/mol. The number of fused-ring (bicyclic) bond motifs is 1. The van der Waals surface area contributed by atoms with E-state index in [2.05, 4.69) is 32.7 Å². The molecule has 0 bridgehead atoms. The van der Waals surface area contributed by atoms with Crippen LogP contribution in [0.15, 0.2) is 33.7 Å². The van der Waals surface area contributed by atoms with Crippen LogP contribution in [-0.4, -0.2) is 26.9 Å². The summed E-state index contributed by atoms with van der Waals surface area (Å²) >= 11 is 3.37. The Hall–Kier alpha value is -1.20. The molecule has 1 aliphatic carbocycles. The molecule has 5 heteroatoms. The number of hydrogen-bond donors (Lipinski definition) is 0. The van der Waals surface area contributed by atoms with Crippen molar-refractivity contribution in [1.82, 2.24) is 14.3 Å². The maximum absolute atomic E-state index is 12.1. The largest absolute Gasteiger partial charge is 0.295 e. The highest BCUT2D eigenvalue weighted by Gasteiger charge is 2.28. The molecule has 0 amide bonds. The molecule has 100 valence electrons. The standard InChI is InChI=1S/C14H16BrN3O/c1-2-17(12-4-5-12)9-11-7-14(19)18-8-10(15)3-6-13(18)16-11/h3,6-8,12H,2,4-5,9H2,1H3. The molecule has 0 aromatic carbocycles. The molecule has 19 heavy (non-hydrogen) atoms. The van der Waals surface area contributed by atoms with Crippen LogP contribution in [0.5, 0.6) is 0 Å². The second-order valence-electron chi connectivity index (χ2n) is 4.96. The molecular weight excluding hydrogens is 306 g/mol. The third-order valence-electron chi connectivity index (χ3n) is 3.51. The van der Waals surface area contributed by atoms with Gasteiger partial charge in [-0.15, -0.1) is 0 Å². The van der Waals surface area contributed by atoms with Gasteiger partial charge in [-0.2, -0.15) is 0 Å². The van der Waals surface area contributed by atoms with E-state index < -0.39 is 0 Å². The molecule has 2 aromatic rings. The fourth-order valence-corrected chi connectivity index (χ4v) is 2.69. The number of halogens is 1. The maximum Gasteiger partial charge on any atom is 0.258 e. The number of aromatic nitrogens is 2. The second kappa shape index (κ2) is 5.06. The molecule has 0 saturated heterocycles. The molecule has 1 fully saturated rings. The van der Waals surface area contributed by atoms with E-state index in [1.807, 2.05) is 12.1 Å². The van der Waals surface area contributed by atoms with Gasteiger partial charge in [0.15, 0.2) is 0 Å². The van der Waals surface area contributed by atoms with Crippen LogP contribution < -0.4 is 5.56 Å². The molecule has 1 saturated carbocycles. The molecular formula is C14H16BrN3O. The van der Waals surface area contributed by atoms with Gasteiger partial charge in [0.05, 0.1) is 5.69 Å². The van der Waals surface area contributed by atoms with E-state index in [9.17, 15) is 4.79 Å². The minimum absolute atomic E-state index is 0.0202. The van der Waals surface area contributed by atoms with Gasteiger partial charge in [0.2, 0.25) is 0 Å². The van der Waals surface area contributed by atoms with E-state index in [1.54, 1.807) is 16.7 Å². The van der Waals surface area contributed by atoms with Gasteiger partial charge in [-0.25, -0.2) is 4.98 Å². The van der Waals surface area contributed by atoms with Crippen molar-refractivity contribution in [2.75, 3.05) is 6.54 Å². The summed E-state index contributed by atoms with van der Waals surface area (Å²) in [6, 6.07) is 6.10. The normalized spacial score (nSPS) is 15.3. The molecule has 2 heterocycles. The Labute approximate surface area is 120 Å². The van der Waals surface area contributed by atoms with E-state index in [0.29, 0.717) is 11.7 Å². The second-order valence-corrected chi connectivity index (χ2v) is 5.87. The molecule has 0 spiro atoms. The fraction of sp³-hybridized carbons (Fsp3) is 0.429. The van der Waals surface area contributed by atoms with Gasteiger partial charge in [-0.05, 0) is 47.4 Å². The zero-order valence-electron chi connectivity index (χ0n) is 10.8. The first-order chi connectivity index (χ1) is 9.17. The maximum atomic E-state index is 12.1. The van der Waals surface area contributed by atoms with Gasteiger partial charge in [-0.1, -0.05) is 6.92 Å². The monoisotopic (exact) mass is 321 g/mol. The van der Waals surface area contributed by atoms with Crippen molar-refractivity contribution in [2.45, 2.75) is 32.4 Å². The first-order valence-corrected chi connectivity index (χ1v) is 7.38. The van der Waals surface area contributed by atoms with E-state index in [1.165, 1.54) is 12.8 Å². The minimum atomic E-state index is -0.0202. The lowest BCUT2D eigenvalue weighted by Crippen LogP contribution is -2.27. The first kappa shape index (κ1) is 12.8. The van der Waals surface area contributed by atoms with Gasteiger partial charge in [0.1, 0.15) is 5.65 Å². The van der Waals surface area contributed by atoms with Crippen molar-refractivity contribution < 1.29 is 0 Å². The zero-order valence-corrected chi connectivity index (χ0v) is 12.4. The molecule has 0 aliphatic heterocycles. The van der Waals surface area contributed by atoms with Crippen molar-refractivity contribution in [1.29, 1.82) is 0 Å². The average Bonchev–Trinajstić information content (AvgIpc) is 3.21. The molecule has 1 aliphatic rings. The lowest BCUT2D eigenvalue weighted by molar-refractivity contribution is 0.266. The lowest BCUT2D eigenvalue weighted by Gasteiger charge is -2.19. The summed E-state index contributed by atoms with van der Waals surface area (Å²) in [4.78, 5) is 19.1. The Morgan fingerprint density at radius 3 is 2.95 bits per heavy atom. The van der Waals surface area contributed by atoms with Crippen LogP contribution in [0.4, 0.5) is 0 Å². The summed E-state index contributed by atoms with van der Waals surface area (Å²) in [7, 11) is 0. The molecule has 0 atom stereocenters. The molecule has 3 rings (SSSR count). The van der Waals surface area contributed by atoms with Crippen molar-refractivity contribution in [3.8, 4) is 0 Å². The summed E-state index contributed by atoms with van der Waals surface area (Å²) in [5, 5.41) is 0. The fourth-order valence-electron chi connectivity index (χ4n) is 2.35.